The largest absolute Gasteiger partial charge is 0.378 e. The first-order chi connectivity index (χ1) is 7.00. The molecule has 0 aromatic heterocycles. The molecular weight excluding hydrogens is 181 g/mol. The first kappa shape index (κ1) is 10.8. The summed E-state index contributed by atoms with van der Waals surface area (Å²) in [6.07, 6.45) is 4.56. The van der Waals surface area contributed by atoms with E-state index >= 15 is 0 Å². The van der Waals surface area contributed by atoms with Crippen molar-refractivity contribution < 1.29 is 0 Å². The third kappa shape index (κ3) is 6.23. The molecule has 0 aromatic carbocycles. The first-order valence-corrected chi connectivity index (χ1v) is 4.10. The molecule has 8 nitrogen and oxygen atoms in total. The van der Waals surface area contributed by atoms with Gasteiger partial charge in [0.05, 0.1) is 12.4 Å². The lowest BCUT2D eigenvalue weighted by Gasteiger charge is -2.08. The third-order valence-corrected chi connectivity index (χ3v) is 1.24. The van der Waals surface area contributed by atoms with E-state index in [4.69, 9.17) is 0 Å². The fraction of sp³-hybridized carbons (Fsp3) is 0. The van der Waals surface area contributed by atoms with Crippen LogP contribution in [-0.4, -0.2) is 28.9 Å². The minimum atomic E-state index is 0.938. The van der Waals surface area contributed by atoms with Crippen molar-refractivity contribution in [2.75, 3.05) is 0 Å². The van der Waals surface area contributed by atoms with E-state index in [1.54, 1.807) is 6.08 Å². The maximum Gasteiger partial charge on any atom is 0.265 e. The molecule has 70 valence electrons. The van der Waals surface area contributed by atoms with Crippen LogP contribution < -0.4 is 15.4 Å². The number of hydrogen-bond donors (Lipinski definition) is 3. The van der Waals surface area contributed by atoms with Crippen LogP contribution >= 0.6 is 0 Å². The molecule has 0 aliphatic carbocycles. The second-order valence-corrected chi connectivity index (χ2v) is 2.27. The average molecular weight is 190 g/mol. The normalized spacial score (nSPS) is 17.7. The lowest BCUT2D eigenvalue weighted by molar-refractivity contribution is 0.891. The number of nitrogens with one attached hydrogen (secondary N) is 3. The highest BCUT2D eigenvalue weighted by molar-refractivity contribution is 6.65. The molecule has 0 atom stereocenters. The van der Waals surface area contributed by atoms with E-state index in [9.17, 15) is 0 Å². The van der Waals surface area contributed by atoms with Gasteiger partial charge in [0, 0.05) is 0 Å². The van der Waals surface area contributed by atoms with Crippen molar-refractivity contribution in [3.63, 3.8) is 0 Å². The molecule has 0 amide bonds. The van der Waals surface area contributed by atoms with Crippen molar-refractivity contribution >= 4 is 28.9 Å². The summed E-state index contributed by atoms with van der Waals surface area (Å²) in [5.74, 6) is 0. The molecule has 1 saturated heterocycles. The summed E-state index contributed by atoms with van der Waals surface area (Å²) in [5.41, 5.74) is 0. The van der Waals surface area contributed by atoms with Crippen LogP contribution in [0.5, 0.6) is 0 Å². The maximum atomic E-state index is 3.42. The molecule has 0 spiro atoms. The summed E-state index contributed by atoms with van der Waals surface area (Å²) in [6, 6.07) is 0. The lowest BCUT2D eigenvalue weighted by Crippen LogP contribution is -2.55. The molecule has 0 bridgehead atoms. The fourth-order valence-electron chi connectivity index (χ4n) is 0.692. The number of hydrogen-bond acceptors (Lipinski definition) is 8. The molecule has 2 heterocycles. The number of nitrogens with zero attached hydrogens (tertiary/aromatic N) is 5. The van der Waals surface area contributed by atoms with E-state index in [-0.39, 0.29) is 0 Å². The Labute approximate surface area is 83.3 Å². The molecular formula is C3H9B3N8. The smallest absolute Gasteiger partial charge is 0.265 e. The third-order valence-electron chi connectivity index (χ3n) is 1.24. The van der Waals surface area contributed by atoms with Gasteiger partial charge in [-0.05, 0) is 21.7 Å². The Morgan fingerprint density at radius 1 is 0.857 bits per heavy atom. The topological polar surface area (TPSA) is 97.9 Å². The van der Waals surface area contributed by atoms with Crippen LogP contribution in [0.1, 0.15) is 0 Å². The molecule has 0 saturated carbocycles. The Balaban J connectivity index is 0.000000146. The second-order valence-electron chi connectivity index (χ2n) is 2.27. The van der Waals surface area contributed by atoms with Crippen molar-refractivity contribution in [3.8, 4) is 0 Å². The average Bonchev–Trinajstić information content (AvgIpc) is 2.20. The summed E-state index contributed by atoms with van der Waals surface area (Å²) in [7, 11) is 2.81. The van der Waals surface area contributed by atoms with E-state index in [0.717, 1.165) is 22.6 Å². The molecule has 1 fully saturated rings. The highest BCUT2D eigenvalue weighted by atomic mass is 15.5. The molecule has 0 unspecified atom stereocenters. The minimum Gasteiger partial charge on any atom is -0.378 e. The summed E-state index contributed by atoms with van der Waals surface area (Å²) in [5, 5.41) is 25.6. The fourth-order valence-corrected chi connectivity index (χ4v) is 0.692. The van der Waals surface area contributed by atoms with Crippen molar-refractivity contribution in [2.24, 2.45) is 25.9 Å². The van der Waals surface area contributed by atoms with E-state index in [0.29, 0.717) is 0 Å². The lowest BCUT2D eigenvalue weighted by atomic mass is 9.85. The van der Waals surface area contributed by atoms with Gasteiger partial charge in [0.25, 0.3) is 22.6 Å². The summed E-state index contributed by atoms with van der Waals surface area (Å²) in [6.45, 7) is 0. The Hall–Kier alpha value is -1.32. The van der Waals surface area contributed by atoms with E-state index < -0.39 is 0 Å². The van der Waals surface area contributed by atoms with Crippen LogP contribution in [0.15, 0.2) is 38.2 Å². The summed E-state index contributed by atoms with van der Waals surface area (Å²) in [4.78, 5) is 0. The zero-order chi connectivity index (χ0) is 9.90. The van der Waals surface area contributed by atoms with Crippen molar-refractivity contribution in [1.82, 2.24) is 15.4 Å². The van der Waals surface area contributed by atoms with Crippen LogP contribution in [0.4, 0.5) is 0 Å². The molecule has 0 radical (unpaired) electrons. The Kier molecular flexibility index (Phi) is 6.37. The second kappa shape index (κ2) is 8.29. The highest BCUT2D eigenvalue weighted by Crippen LogP contribution is 1.85. The number of rotatable bonds is 0. The van der Waals surface area contributed by atoms with Gasteiger partial charge >= 0.3 is 0 Å². The Morgan fingerprint density at radius 2 is 1.57 bits per heavy atom. The Morgan fingerprint density at radius 3 is 2.21 bits per heavy atom. The summed E-state index contributed by atoms with van der Waals surface area (Å²) < 4.78 is 0. The van der Waals surface area contributed by atoms with Gasteiger partial charge in [0.1, 0.15) is 0 Å². The van der Waals surface area contributed by atoms with Crippen LogP contribution in [0.3, 0.4) is 0 Å². The van der Waals surface area contributed by atoms with Crippen LogP contribution in [-0.2, 0) is 0 Å². The van der Waals surface area contributed by atoms with Gasteiger partial charge in [0.15, 0.2) is 0 Å². The molecule has 2 aliphatic rings. The zero-order valence-electron chi connectivity index (χ0n) is 7.59. The van der Waals surface area contributed by atoms with Gasteiger partial charge in [0.2, 0.25) is 0 Å². The van der Waals surface area contributed by atoms with Gasteiger partial charge in [-0.1, -0.05) is 0 Å². The predicted octanol–water partition coefficient (Wildman–Crippen LogP) is -2.11. The summed E-state index contributed by atoms with van der Waals surface area (Å²) >= 11 is 0. The van der Waals surface area contributed by atoms with Crippen molar-refractivity contribution in [3.05, 3.63) is 12.3 Å². The minimum absolute atomic E-state index is 0.938. The standard InChI is InChI=1S/C3H3N5.B3H6N3/c1-2-4-6-8-7-5-3-1;1-4-2-6-3-5-1/h1-3H;1-6H. The van der Waals surface area contributed by atoms with Crippen molar-refractivity contribution in [1.29, 1.82) is 0 Å². The van der Waals surface area contributed by atoms with Crippen LogP contribution in [0.2, 0.25) is 0 Å². The molecule has 2 rings (SSSR count). The molecule has 11 heteroatoms. The van der Waals surface area contributed by atoms with E-state index in [1.807, 2.05) is 0 Å². The Bertz CT molecular complexity index is 177. The van der Waals surface area contributed by atoms with E-state index in [2.05, 4.69) is 41.3 Å². The van der Waals surface area contributed by atoms with Crippen molar-refractivity contribution in [2.45, 2.75) is 0 Å². The van der Waals surface area contributed by atoms with Gasteiger partial charge in [-0.3, -0.25) is 0 Å². The SMILES string of the molecule is B1NBNBN1.C1=CN=NN=NN=C1. The highest BCUT2D eigenvalue weighted by Gasteiger charge is 1.97. The maximum absolute atomic E-state index is 3.42. The first-order valence-electron chi connectivity index (χ1n) is 4.10. The zero-order valence-corrected chi connectivity index (χ0v) is 7.59. The van der Waals surface area contributed by atoms with Gasteiger partial charge in [-0.25, -0.2) is 0 Å². The molecule has 14 heavy (non-hydrogen) atoms. The van der Waals surface area contributed by atoms with Crippen LogP contribution in [0, 0.1) is 0 Å². The quantitative estimate of drug-likeness (QED) is 0.380. The predicted molar refractivity (Wildman–Crippen MR) is 58.2 cm³/mol. The monoisotopic (exact) mass is 190 g/mol. The van der Waals surface area contributed by atoms with Crippen LogP contribution in [0.25, 0.3) is 0 Å². The molecule has 0 aromatic rings. The molecule has 2 aliphatic heterocycles. The van der Waals surface area contributed by atoms with Gasteiger partial charge < -0.3 is 15.4 Å². The number of allylic oxidation sites excluding steroid dienone is 1. The van der Waals surface area contributed by atoms with Gasteiger partial charge in [-0.2, -0.15) is 0 Å². The van der Waals surface area contributed by atoms with Gasteiger partial charge in [-0.15, -0.1) is 10.2 Å². The van der Waals surface area contributed by atoms with E-state index in [1.165, 1.54) is 12.4 Å². The molecule has 3 N–H and O–H groups in total.